The highest BCUT2D eigenvalue weighted by Gasteiger charge is 2.20. The van der Waals surface area contributed by atoms with E-state index >= 15 is 0 Å². The van der Waals surface area contributed by atoms with Gasteiger partial charge in [-0.25, -0.2) is 0 Å². The van der Waals surface area contributed by atoms with Gasteiger partial charge in [0.2, 0.25) is 5.91 Å². The zero-order valence-electron chi connectivity index (χ0n) is 10.4. The van der Waals surface area contributed by atoms with E-state index in [1.54, 1.807) is 0 Å². The molecule has 1 aliphatic rings. The van der Waals surface area contributed by atoms with Gasteiger partial charge in [-0.2, -0.15) is 0 Å². The SMILES string of the molecule is CC(CCCC(=O)O)NC(=O)CNCC1CC1. The fourth-order valence-corrected chi connectivity index (χ4v) is 1.67. The Morgan fingerprint density at radius 1 is 1.41 bits per heavy atom. The van der Waals surface area contributed by atoms with Gasteiger partial charge >= 0.3 is 5.97 Å². The maximum absolute atomic E-state index is 11.5. The van der Waals surface area contributed by atoms with E-state index in [1.165, 1.54) is 12.8 Å². The minimum atomic E-state index is -0.783. The topological polar surface area (TPSA) is 78.4 Å². The third-order valence-electron chi connectivity index (χ3n) is 2.85. The second-order valence-corrected chi connectivity index (χ2v) is 4.83. The summed E-state index contributed by atoms with van der Waals surface area (Å²) >= 11 is 0. The van der Waals surface area contributed by atoms with Crippen LogP contribution in [0.5, 0.6) is 0 Å². The number of aliphatic carboxylic acids is 1. The Balaban J connectivity index is 1.97. The van der Waals surface area contributed by atoms with Gasteiger partial charge in [-0.1, -0.05) is 0 Å². The van der Waals surface area contributed by atoms with Gasteiger partial charge in [0, 0.05) is 12.5 Å². The molecule has 1 rings (SSSR count). The van der Waals surface area contributed by atoms with Gasteiger partial charge < -0.3 is 15.7 Å². The van der Waals surface area contributed by atoms with E-state index in [2.05, 4.69) is 10.6 Å². The van der Waals surface area contributed by atoms with E-state index in [4.69, 9.17) is 5.11 Å². The molecule has 0 aromatic heterocycles. The van der Waals surface area contributed by atoms with Crippen LogP contribution in [0, 0.1) is 5.92 Å². The van der Waals surface area contributed by atoms with E-state index < -0.39 is 5.97 Å². The van der Waals surface area contributed by atoms with Crippen LogP contribution in [0.4, 0.5) is 0 Å². The van der Waals surface area contributed by atoms with Crippen molar-refractivity contribution in [2.24, 2.45) is 5.92 Å². The summed E-state index contributed by atoms with van der Waals surface area (Å²) in [6.45, 7) is 3.20. The number of nitrogens with one attached hydrogen (secondary N) is 2. The van der Waals surface area contributed by atoms with Gasteiger partial charge in [0.05, 0.1) is 6.54 Å². The number of carboxylic acid groups (broad SMARTS) is 1. The van der Waals surface area contributed by atoms with Gasteiger partial charge in [-0.05, 0) is 45.1 Å². The quantitative estimate of drug-likeness (QED) is 0.557. The minimum Gasteiger partial charge on any atom is -0.481 e. The van der Waals surface area contributed by atoms with Gasteiger partial charge in [0.15, 0.2) is 0 Å². The highest BCUT2D eigenvalue weighted by Crippen LogP contribution is 2.27. The smallest absolute Gasteiger partial charge is 0.303 e. The van der Waals surface area contributed by atoms with Crippen molar-refractivity contribution in [3.63, 3.8) is 0 Å². The number of amides is 1. The largest absolute Gasteiger partial charge is 0.481 e. The molecule has 1 unspecified atom stereocenters. The number of carbonyl (C=O) groups excluding carboxylic acids is 1. The first-order chi connectivity index (χ1) is 8.08. The number of hydrogen-bond acceptors (Lipinski definition) is 3. The molecule has 0 heterocycles. The summed E-state index contributed by atoms with van der Waals surface area (Å²) in [4.78, 5) is 21.8. The molecule has 5 nitrogen and oxygen atoms in total. The first-order valence-electron chi connectivity index (χ1n) is 6.30. The summed E-state index contributed by atoms with van der Waals surface area (Å²) in [7, 11) is 0. The van der Waals surface area contributed by atoms with Crippen LogP contribution >= 0.6 is 0 Å². The van der Waals surface area contributed by atoms with Crippen molar-refractivity contribution >= 4 is 11.9 Å². The van der Waals surface area contributed by atoms with Crippen molar-refractivity contribution in [3.8, 4) is 0 Å². The lowest BCUT2D eigenvalue weighted by Gasteiger charge is -2.13. The Kier molecular flexibility index (Phi) is 5.97. The lowest BCUT2D eigenvalue weighted by molar-refractivity contribution is -0.137. The first-order valence-corrected chi connectivity index (χ1v) is 6.30. The lowest BCUT2D eigenvalue weighted by Crippen LogP contribution is -2.39. The number of carboxylic acids is 1. The average molecular weight is 242 g/mol. The van der Waals surface area contributed by atoms with Crippen molar-refractivity contribution < 1.29 is 14.7 Å². The van der Waals surface area contributed by atoms with Crippen molar-refractivity contribution in [3.05, 3.63) is 0 Å². The summed E-state index contributed by atoms with van der Waals surface area (Å²) in [6, 6.07) is 0.0459. The maximum atomic E-state index is 11.5. The molecule has 17 heavy (non-hydrogen) atoms. The zero-order valence-corrected chi connectivity index (χ0v) is 10.4. The van der Waals surface area contributed by atoms with Crippen LogP contribution in [0.3, 0.4) is 0 Å². The van der Waals surface area contributed by atoms with E-state index in [-0.39, 0.29) is 18.4 Å². The number of carbonyl (C=O) groups is 2. The Labute approximate surface area is 102 Å². The monoisotopic (exact) mass is 242 g/mol. The summed E-state index contributed by atoms with van der Waals surface area (Å²) in [5, 5.41) is 14.5. The Hall–Kier alpha value is -1.10. The summed E-state index contributed by atoms with van der Waals surface area (Å²) in [5.74, 6) is -0.0149. The molecular weight excluding hydrogens is 220 g/mol. The van der Waals surface area contributed by atoms with Gasteiger partial charge in [-0.15, -0.1) is 0 Å². The molecule has 1 saturated carbocycles. The first kappa shape index (κ1) is 14.0. The predicted molar refractivity (Wildman–Crippen MR) is 64.7 cm³/mol. The molecular formula is C12H22N2O3. The molecule has 0 aliphatic heterocycles. The Morgan fingerprint density at radius 2 is 2.12 bits per heavy atom. The van der Waals surface area contributed by atoms with E-state index in [0.717, 1.165) is 12.5 Å². The van der Waals surface area contributed by atoms with Crippen LogP contribution in [0.1, 0.15) is 39.0 Å². The highest BCUT2D eigenvalue weighted by atomic mass is 16.4. The van der Waals surface area contributed by atoms with Crippen molar-refractivity contribution in [1.82, 2.24) is 10.6 Å². The summed E-state index contributed by atoms with van der Waals surface area (Å²) < 4.78 is 0. The van der Waals surface area contributed by atoms with Crippen LogP contribution in [0.25, 0.3) is 0 Å². The molecule has 1 aliphatic carbocycles. The second kappa shape index (κ2) is 7.27. The molecule has 0 radical (unpaired) electrons. The fourth-order valence-electron chi connectivity index (χ4n) is 1.67. The zero-order chi connectivity index (χ0) is 12.7. The Bertz CT molecular complexity index is 264. The van der Waals surface area contributed by atoms with Crippen LogP contribution in [-0.4, -0.2) is 36.1 Å². The standard InChI is InChI=1S/C12H22N2O3/c1-9(3-2-4-12(16)17)14-11(15)8-13-7-10-5-6-10/h9-10,13H,2-8H2,1H3,(H,14,15)(H,16,17). The van der Waals surface area contributed by atoms with Gasteiger partial charge in [0.1, 0.15) is 0 Å². The highest BCUT2D eigenvalue weighted by molar-refractivity contribution is 5.78. The molecule has 3 N–H and O–H groups in total. The molecule has 0 aromatic rings. The molecule has 0 bridgehead atoms. The van der Waals surface area contributed by atoms with Gasteiger partial charge in [-0.3, -0.25) is 9.59 Å². The van der Waals surface area contributed by atoms with Crippen LogP contribution < -0.4 is 10.6 Å². The Morgan fingerprint density at radius 3 is 2.71 bits per heavy atom. The van der Waals surface area contributed by atoms with Crippen molar-refractivity contribution in [2.45, 2.75) is 45.1 Å². The number of hydrogen-bond donors (Lipinski definition) is 3. The molecule has 0 saturated heterocycles. The molecule has 1 amide bonds. The number of rotatable bonds is 9. The summed E-state index contributed by atoms with van der Waals surface area (Å²) in [5.41, 5.74) is 0. The lowest BCUT2D eigenvalue weighted by atomic mass is 10.1. The molecule has 0 aromatic carbocycles. The average Bonchev–Trinajstić information content (AvgIpc) is 3.00. The van der Waals surface area contributed by atoms with E-state index in [1.807, 2.05) is 6.92 Å². The maximum Gasteiger partial charge on any atom is 0.303 e. The summed E-state index contributed by atoms with van der Waals surface area (Å²) in [6.07, 6.45) is 4.04. The van der Waals surface area contributed by atoms with Crippen molar-refractivity contribution in [2.75, 3.05) is 13.1 Å². The predicted octanol–water partition coefficient (Wildman–Crippen LogP) is 0.746. The van der Waals surface area contributed by atoms with Crippen LogP contribution in [0.15, 0.2) is 0 Å². The minimum absolute atomic E-state index is 0.00604. The van der Waals surface area contributed by atoms with Gasteiger partial charge in [0.25, 0.3) is 0 Å². The third kappa shape index (κ3) is 7.74. The molecule has 98 valence electrons. The molecule has 1 fully saturated rings. The fraction of sp³-hybridized carbons (Fsp3) is 0.833. The van der Waals surface area contributed by atoms with E-state index in [0.29, 0.717) is 19.4 Å². The van der Waals surface area contributed by atoms with Crippen molar-refractivity contribution in [1.29, 1.82) is 0 Å². The van der Waals surface area contributed by atoms with Crippen LogP contribution in [0.2, 0.25) is 0 Å². The molecule has 1 atom stereocenters. The van der Waals surface area contributed by atoms with Crippen LogP contribution in [-0.2, 0) is 9.59 Å². The second-order valence-electron chi connectivity index (χ2n) is 4.83. The molecule has 5 heteroatoms. The third-order valence-corrected chi connectivity index (χ3v) is 2.85. The van der Waals surface area contributed by atoms with E-state index in [9.17, 15) is 9.59 Å². The normalized spacial score (nSPS) is 16.5. The molecule has 0 spiro atoms.